The Balaban J connectivity index is 1.97. The van der Waals surface area contributed by atoms with Gasteiger partial charge in [-0.2, -0.15) is 5.10 Å². The summed E-state index contributed by atoms with van der Waals surface area (Å²) in [5.41, 5.74) is 7.46. The number of hydrogen-bond donors (Lipinski definition) is 1. The zero-order valence-electron chi connectivity index (χ0n) is 11.0. The van der Waals surface area contributed by atoms with Crippen molar-refractivity contribution in [1.29, 1.82) is 0 Å². The van der Waals surface area contributed by atoms with E-state index in [0.717, 1.165) is 24.2 Å². The Morgan fingerprint density at radius 2 is 2.17 bits per heavy atom. The quantitative estimate of drug-likeness (QED) is 0.827. The third-order valence-corrected chi connectivity index (χ3v) is 2.74. The van der Waals surface area contributed by atoms with Gasteiger partial charge in [0, 0.05) is 18.4 Å². The third kappa shape index (κ3) is 3.16. The van der Waals surface area contributed by atoms with Gasteiger partial charge in [0.2, 0.25) is 0 Å². The van der Waals surface area contributed by atoms with Gasteiger partial charge < -0.3 is 5.73 Å². The number of hydrogen-bond acceptors (Lipinski definition) is 4. The predicted octanol–water partition coefficient (Wildman–Crippen LogP) is 0.995. The van der Waals surface area contributed by atoms with Crippen LogP contribution in [0.25, 0.3) is 0 Å². The van der Waals surface area contributed by atoms with Crippen LogP contribution in [0, 0.1) is 0 Å². The van der Waals surface area contributed by atoms with E-state index in [9.17, 15) is 0 Å². The fourth-order valence-electron chi connectivity index (χ4n) is 1.73. The molecule has 98 valence electrons. The maximum absolute atomic E-state index is 5.47. The molecule has 0 aliphatic carbocycles. The van der Waals surface area contributed by atoms with E-state index in [4.69, 9.17) is 5.73 Å². The molecule has 2 aromatic heterocycles. The topological polar surface area (TPSA) is 74.5 Å². The van der Waals surface area contributed by atoms with Gasteiger partial charge in [0.1, 0.15) is 0 Å². The van der Waals surface area contributed by atoms with Gasteiger partial charge in [-0.15, -0.1) is 5.10 Å². The van der Waals surface area contributed by atoms with Crippen molar-refractivity contribution in [2.24, 2.45) is 5.73 Å². The highest BCUT2D eigenvalue weighted by Gasteiger charge is 2.05. The van der Waals surface area contributed by atoms with Crippen molar-refractivity contribution in [1.82, 2.24) is 24.8 Å². The first-order chi connectivity index (χ1) is 8.69. The lowest BCUT2D eigenvalue weighted by Gasteiger charge is -2.03. The van der Waals surface area contributed by atoms with Crippen molar-refractivity contribution in [2.45, 2.75) is 39.3 Å². The minimum Gasteiger partial charge on any atom is -0.330 e. The van der Waals surface area contributed by atoms with Gasteiger partial charge in [0.05, 0.1) is 17.9 Å². The molecule has 0 unspecified atom stereocenters. The zero-order valence-corrected chi connectivity index (χ0v) is 11.0. The van der Waals surface area contributed by atoms with Crippen molar-refractivity contribution in [3.8, 4) is 0 Å². The molecule has 0 aromatic carbocycles. The summed E-state index contributed by atoms with van der Waals surface area (Å²) in [6, 6.07) is 2.40. The van der Waals surface area contributed by atoms with Crippen LogP contribution in [0.1, 0.15) is 37.7 Å². The molecule has 2 N–H and O–H groups in total. The van der Waals surface area contributed by atoms with Crippen LogP contribution in [0.4, 0.5) is 0 Å². The van der Waals surface area contributed by atoms with Crippen molar-refractivity contribution in [3.63, 3.8) is 0 Å². The second-order valence-electron chi connectivity index (χ2n) is 4.68. The Hall–Kier alpha value is -1.69. The fourth-order valence-corrected chi connectivity index (χ4v) is 1.73. The molecule has 0 saturated heterocycles. The van der Waals surface area contributed by atoms with E-state index in [-0.39, 0.29) is 0 Å². The van der Waals surface area contributed by atoms with Crippen LogP contribution in [-0.4, -0.2) is 31.3 Å². The Morgan fingerprint density at radius 1 is 1.33 bits per heavy atom. The normalized spacial score (nSPS) is 11.3. The molecular weight excluding hydrogens is 228 g/mol. The lowest BCUT2D eigenvalue weighted by molar-refractivity contribution is 0.519. The lowest BCUT2D eigenvalue weighted by atomic mass is 10.2. The van der Waals surface area contributed by atoms with Gasteiger partial charge in [-0.1, -0.05) is 5.21 Å². The molecule has 0 saturated carbocycles. The Bertz CT molecular complexity index is 484. The average Bonchev–Trinajstić information content (AvgIpc) is 2.96. The van der Waals surface area contributed by atoms with E-state index in [1.807, 2.05) is 27.8 Å². The van der Waals surface area contributed by atoms with Gasteiger partial charge >= 0.3 is 0 Å². The molecule has 2 aromatic rings. The summed E-state index contributed by atoms with van der Waals surface area (Å²) in [5.74, 6) is 0. The van der Waals surface area contributed by atoms with Crippen LogP contribution in [-0.2, 0) is 13.0 Å². The second kappa shape index (κ2) is 5.77. The number of aromatic nitrogens is 5. The second-order valence-corrected chi connectivity index (χ2v) is 4.68. The summed E-state index contributed by atoms with van der Waals surface area (Å²) >= 11 is 0. The molecule has 6 nitrogen and oxygen atoms in total. The van der Waals surface area contributed by atoms with E-state index in [0.29, 0.717) is 19.1 Å². The minimum absolute atomic E-state index is 0.384. The lowest BCUT2D eigenvalue weighted by Crippen LogP contribution is -2.05. The summed E-state index contributed by atoms with van der Waals surface area (Å²) in [4.78, 5) is 0. The van der Waals surface area contributed by atoms with Crippen LogP contribution in [0.3, 0.4) is 0 Å². The summed E-state index contributed by atoms with van der Waals surface area (Å²) in [6.07, 6.45) is 5.79. The number of nitrogens with zero attached hydrogens (tertiary/aromatic N) is 5. The Morgan fingerprint density at radius 3 is 2.83 bits per heavy atom. The standard InChI is InChI=1S/C12H20N6/c1-10(2)18-7-5-12(15-18)9-17-8-11(14-16-17)4-3-6-13/h5,7-8,10H,3-4,6,9,13H2,1-2H3. The molecule has 0 aliphatic heterocycles. The van der Waals surface area contributed by atoms with E-state index in [1.165, 1.54) is 0 Å². The molecule has 0 radical (unpaired) electrons. The molecule has 2 rings (SSSR count). The van der Waals surface area contributed by atoms with Crippen LogP contribution < -0.4 is 5.73 Å². The highest BCUT2D eigenvalue weighted by atomic mass is 15.4. The number of aryl methyl sites for hydroxylation is 1. The first kappa shape index (κ1) is 12.8. The van der Waals surface area contributed by atoms with Gasteiger partial charge in [0.25, 0.3) is 0 Å². The Labute approximate surface area is 107 Å². The van der Waals surface area contributed by atoms with Crippen LogP contribution in [0.5, 0.6) is 0 Å². The van der Waals surface area contributed by atoms with Crippen LogP contribution in [0.15, 0.2) is 18.5 Å². The van der Waals surface area contributed by atoms with Crippen LogP contribution >= 0.6 is 0 Å². The molecule has 0 amide bonds. The monoisotopic (exact) mass is 248 g/mol. The number of rotatable bonds is 6. The van der Waals surface area contributed by atoms with Crippen molar-refractivity contribution < 1.29 is 0 Å². The van der Waals surface area contributed by atoms with E-state index in [2.05, 4.69) is 29.3 Å². The zero-order chi connectivity index (χ0) is 13.0. The van der Waals surface area contributed by atoms with Gasteiger partial charge in [-0.25, -0.2) is 4.68 Å². The molecule has 6 heteroatoms. The maximum Gasteiger partial charge on any atom is 0.0867 e. The predicted molar refractivity (Wildman–Crippen MR) is 69.1 cm³/mol. The summed E-state index contributed by atoms with van der Waals surface area (Å²) < 4.78 is 3.76. The fraction of sp³-hybridized carbons (Fsp3) is 0.583. The summed E-state index contributed by atoms with van der Waals surface area (Å²) in [6.45, 7) is 5.56. The highest BCUT2D eigenvalue weighted by molar-refractivity contribution is 5.01. The van der Waals surface area contributed by atoms with E-state index >= 15 is 0 Å². The van der Waals surface area contributed by atoms with Gasteiger partial charge in [0.15, 0.2) is 0 Å². The SMILES string of the molecule is CC(C)n1ccc(Cn2cc(CCCN)nn2)n1. The van der Waals surface area contributed by atoms with Crippen LogP contribution in [0.2, 0.25) is 0 Å². The summed E-state index contributed by atoms with van der Waals surface area (Å²) in [7, 11) is 0. The molecule has 0 fully saturated rings. The van der Waals surface area contributed by atoms with E-state index < -0.39 is 0 Å². The van der Waals surface area contributed by atoms with E-state index in [1.54, 1.807) is 0 Å². The molecule has 2 heterocycles. The molecule has 0 spiro atoms. The van der Waals surface area contributed by atoms with Gasteiger partial charge in [-0.3, -0.25) is 4.68 Å². The smallest absolute Gasteiger partial charge is 0.0867 e. The Kier molecular flexibility index (Phi) is 4.09. The molecule has 18 heavy (non-hydrogen) atoms. The molecule has 0 aliphatic rings. The summed E-state index contributed by atoms with van der Waals surface area (Å²) in [5, 5.41) is 12.7. The molecular formula is C12H20N6. The van der Waals surface area contributed by atoms with Crippen molar-refractivity contribution in [2.75, 3.05) is 6.54 Å². The highest BCUT2D eigenvalue weighted by Crippen LogP contribution is 2.06. The maximum atomic E-state index is 5.47. The first-order valence-electron chi connectivity index (χ1n) is 6.32. The largest absolute Gasteiger partial charge is 0.330 e. The molecule has 0 bridgehead atoms. The first-order valence-corrected chi connectivity index (χ1v) is 6.32. The van der Waals surface area contributed by atoms with Crippen molar-refractivity contribution in [3.05, 3.63) is 29.8 Å². The molecule has 0 atom stereocenters. The van der Waals surface area contributed by atoms with Gasteiger partial charge in [-0.05, 0) is 39.3 Å². The minimum atomic E-state index is 0.384. The third-order valence-electron chi connectivity index (χ3n) is 2.74. The average molecular weight is 248 g/mol. The van der Waals surface area contributed by atoms with Crippen molar-refractivity contribution >= 4 is 0 Å². The number of nitrogens with two attached hydrogens (primary N) is 1.